The molecule has 0 atom stereocenters. The molecular weight excluding hydrogens is 270 g/mol. The van der Waals surface area contributed by atoms with Crippen LogP contribution in [-0.2, 0) is 4.74 Å². The van der Waals surface area contributed by atoms with E-state index < -0.39 is 0 Å². The van der Waals surface area contributed by atoms with Crippen LogP contribution in [0.5, 0.6) is 11.5 Å². The Morgan fingerprint density at radius 2 is 2.05 bits per heavy atom. The summed E-state index contributed by atoms with van der Waals surface area (Å²) >= 11 is 0. The highest BCUT2D eigenvalue weighted by atomic mass is 16.6. The SMILES string of the molecule is CCOC(=O)N1CCC/C1=C/c1ccc(OC)c(OC)c1. The van der Waals surface area contributed by atoms with Gasteiger partial charge in [-0.3, -0.25) is 4.90 Å². The minimum Gasteiger partial charge on any atom is -0.493 e. The van der Waals surface area contributed by atoms with E-state index in [-0.39, 0.29) is 6.09 Å². The molecule has 0 bridgehead atoms. The quantitative estimate of drug-likeness (QED) is 0.854. The number of nitrogens with zero attached hydrogens (tertiary/aromatic N) is 1. The number of methoxy groups -OCH3 is 2. The molecule has 1 aliphatic heterocycles. The van der Waals surface area contributed by atoms with Crippen LogP contribution < -0.4 is 9.47 Å². The maximum Gasteiger partial charge on any atom is 0.414 e. The third-order valence-electron chi connectivity index (χ3n) is 3.39. The number of allylic oxidation sites excluding steroid dienone is 1. The highest BCUT2D eigenvalue weighted by Crippen LogP contribution is 2.30. The van der Waals surface area contributed by atoms with Crippen LogP contribution in [0.1, 0.15) is 25.3 Å². The smallest absolute Gasteiger partial charge is 0.414 e. The summed E-state index contributed by atoms with van der Waals surface area (Å²) in [5, 5.41) is 0. The van der Waals surface area contributed by atoms with Crippen molar-refractivity contribution in [1.29, 1.82) is 0 Å². The van der Waals surface area contributed by atoms with Crippen LogP contribution in [0.25, 0.3) is 6.08 Å². The summed E-state index contributed by atoms with van der Waals surface area (Å²) in [6.45, 7) is 2.91. The van der Waals surface area contributed by atoms with Crippen LogP contribution >= 0.6 is 0 Å². The lowest BCUT2D eigenvalue weighted by Crippen LogP contribution is -2.27. The molecule has 0 aliphatic carbocycles. The van der Waals surface area contributed by atoms with Crippen molar-refractivity contribution in [3.8, 4) is 11.5 Å². The fraction of sp³-hybridized carbons (Fsp3) is 0.438. The van der Waals surface area contributed by atoms with Crippen LogP contribution in [0.4, 0.5) is 4.79 Å². The Hall–Kier alpha value is -2.17. The number of carbonyl (C=O) groups excluding carboxylic acids is 1. The molecular formula is C16H21NO4. The van der Waals surface area contributed by atoms with E-state index in [1.54, 1.807) is 19.1 Å². The van der Waals surface area contributed by atoms with Crippen molar-refractivity contribution < 1.29 is 19.0 Å². The van der Waals surface area contributed by atoms with Crippen LogP contribution in [0.3, 0.4) is 0 Å². The summed E-state index contributed by atoms with van der Waals surface area (Å²) in [5.41, 5.74) is 1.94. The molecule has 5 heteroatoms. The molecule has 0 N–H and O–H groups in total. The van der Waals surface area contributed by atoms with Gasteiger partial charge in [0.15, 0.2) is 11.5 Å². The summed E-state index contributed by atoms with van der Waals surface area (Å²) in [6.07, 6.45) is 3.54. The van der Waals surface area contributed by atoms with E-state index in [1.807, 2.05) is 31.2 Å². The summed E-state index contributed by atoms with van der Waals surface area (Å²) in [5.74, 6) is 1.36. The van der Waals surface area contributed by atoms with Gasteiger partial charge >= 0.3 is 6.09 Å². The number of carbonyl (C=O) groups is 1. The number of amides is 1. The van der Waals surface area contributed by atoms with Gasteiger partial charge in [-0.05, 0) is 43.5 Å². The number of hydrogen-bond acceptors (Lipinski definition) is 4. The third kappa shape index (κ3) is 3.48. The fourth-order valence-corrected chi connectivity index (χ4v) is 2.39. The molecule has 0 unspecified atom stereocenters. The average molecular weight is 291 g/mol. The molecule has 1 saturated heterocycles. The molecule has 114 valence electrons. The lowest BCUT2D eigenvalue weighted by Gasteiger charge is -2.17. The van der Waals surface area contributed by atoms with Gasteiger partial charge in [-0.1, -0.05) is 6.07 Å². The first kappa shape index (κ1) is 15.2. The minimum atomic E-state index is -0.276. The topological polar surface area (TPSA) is 48.0 Å². The predicted octanol–water partition coefficient (Wildman–Crippen LogP) is 3.30. The fourth-order valence-electron chi connectivity index (χ4n) is 2.39. The minimum absolute atomic E-state index is 0.276. The van der Waals surface area contributed by atoms with E-state index in [9.17, 15) is 4.79 Å². The number of ether oxygens (including phenoxy) is 3. The van der Waals surface area contributed by atoms with Crippen molar-refractivity contribution in [2.24, 2.45) is 0 Å². The van der Waals surface area contributed by atoms with Crippen LogP contribution in [-0.4, -0.2) is 38.4 Å². The highest BCUT2D eigenvalue weighted by molar-refractivity contribution is 5.73. The largest absolute Gasteiger partial charge is 0.493 e. The Labute approximate surface area is 125 Å². The van der Waals surface area contributed by atoms with E-state index in [2.05, 4.69) is 0 Å². The molecule has 1 aromatic carbocycles. The molecule has 0 spiro atoms. The maximum absolute atomic E-state index is 11.9. The third-order valence-corrected chi connectivity index (χ3v) is 3.39. The number of rotatable bonds is 4. The average Bonchev–Trinajstić information content (AvgIpc) is 2.95. The Morgan fingerprint density at radius 3 is 2.71 bits per heavy atom. The molecule has 1 aliphatic rings. The van der Waals surface area contributed by atoms with Crippen molar-refractivity contribution in [1.82, 2.24) is 4.90 Å². The Kier molecular flexibility index (Phi) is 5.09. The lowest BCUT2D eigenvalue weighted by molar-refractivity contribution is 0.123. The van der Waals surface area contributed by atoms with Gasteiger partial charge in [0, 0.05) is 12.2 Å². The van der Waals surface area contributed by atoms with E-state index in [0.29, 0.717) is 24.7 Å². The van der Waals surface area contributed by atoms with Crippen molar-refractivity contribution in [3.63, 3.8) is 0 Å². The van der Waals surface area contributed by atoms with Crippen molar-refractivity contribution in [3.05, 3.63) is 29.5 Å². The summed E-state index contributed by atoms with van der Waals surface area (Å²) in [7, 11) is 3.21. The van der Waals surface area contributed by atoms with Gasteiger partial charge in [0.25, 0.3) is 0 Å². The highest BCUT2D eigenvalue weighted by Gasteiger charge is 2.24. The number of benzene rings is 1. The Balaban J connectivity index is 2.23. The first-order valence-corrected chi connectivity index (χ1v) is 7.06. The van der Waals surface area contributed by atoms with Crippen LogP contribution in [0.2, 0.25) is 0 Å². The van der Waals surface area contributed by atoms with Gasteiger partial charge in [-0.25, -0.2) is 4.79 Å². The van der Waals surface area contributed by atoms with Gasteiger partial charge < -0.3 is 14.2 Å². The van der Waals surface area contributed by atoms with Crippen molar-refractivity contribution in [2.45, 2.75) is 19.8 Å². The molecule has 21 heavy (non-hydrogen) atoms. The van der Waals surface area contributed by atoms with E-state index in [1.165, 1.54) is 0 Å². The molecule has 5 nitrogen and oxygen atoms in total. The maximum atomic E-state index is 11.9. The van der Waals surface area contributed by atoms with Gasteiger partial charge in [-0.15, -0.1) is 0 Å². The zero-order valence-electron chi connectivity index (χ0n) is 12.7. The first-order valence-electron chi connectivity index (χ1n) is 7.06. The number of likely N-dealkylation sites (tertiary alicyclic amines) is 1. The van der Waals surface area contributed by atoms with Crippen LogP contribution in [0, 0.1) is 0 Å². The van der Waals surface area contributed by atoms with Crippen molar-refractivity contribution in [2.75, 3.05) is 27.4 Å². The zero-order valence-corrected chi connectivity index (χ0v) is 12.7. The van der Waals surface area contributed by atoms with Gasteiger partial charge in [0.2, 0.25) is 0 Å². The Morgan fingerprint density at radius 1 is 1.29 bits per heavy atom. The van der Waals surface area contributed by atoms with E-state index in [4.69, 9.17) is 14.2 Å². The Bertz CT molecular complexity index is 539. The van der Waals surface area contributed by atoms with E-state index in [0.717, 1.165) is 24.1 Å². The standard InChI is InChI=1S/C16H21NO4/c1-4-21-16(18)17-9-5-6-13(17)10-12-7-8-14(19-2)15(11-12)20-3/h7-8,10-11H,4-6,9H2,1-3H3/b13-10-. The van der Waals surface area contributed by atoms with Gasteiger partial charge in [0.1, 0.15) is 0 Å². The van der Waals surface area contributed by atoms with Crippen LogP contribution in [0.15, 0.2) is 23.9 Å². The monoisotopic (exact) mass is 291 g/mol. The predicted molar refractivity (Wildman–Crippen MR) is 80.5 cm³/mol. The van der Waals surface area contributed by atoms with Gasteiger partial charge in [-0.2, -0.15) is 0 Å². The second kappa shape index (κ2) is 7.02. The molecule has 2 rings (SSSR count). The van der Waals surface area contributed by atoms with Crippen molar-refractivity contribution >= 4 is 12.2 Å². The molecule has 0 radical (unpaired) electrons. The molecule has 0 saturated carbocycles. The second-order valence-corrected chi connectivity index (χ2v) is 4.70. The normalized spacial score (nSPS) is 16.1. The summed E-state index contributed by atoms with van der Waals surface area (Å²) in [6, 6.07) is 5.69. The lowest BCUT2D eigenvalue weighted by atomic mass is 10.1. The molecule has 1 heterocycles. The second-order valence-electron chi connectivity index (χ2n) is 4.70. The number of hydrogen-bond donors (Lipinski definition) is 0. The first-order chi connectivity index (χ1) is 10.2. The molecule has 0 aromatic heterocycles. The zero-order chi connectivity index (χ0) is 15.2. The molecule has 1 aromatic rings. The molecule has 1 fully saturated rings. The van der Waals surface area contributed by atoms with E-state index >= 15 is 0 Å². The molecule has 1 amide bonds. The summed E-state index contributed by atoms with van der Waals surface area (Å²) in [4.78, 5) is 13.6. The van der Waals surface area contributed by atoms with Gasteiger partial charge in [0.05, 0.1) is 20.8 Å². The summed E-state index contributed by atoms with van der Waals surface area (Å²) < 4.78 is 15.6.